The van der Waals surface area contributed by atoms with Gasteiger partial charge in [0.2, 0.25) is 0 Å². The molecule has 0 saturated heterocycles. The zero-order valence-electron chi connectivity index (χ0n) is 9.98. The molecule has 0 unspecified atom stereocenters. The van der Waals surface area contributed by atoms with Gasteiger partial charge in [0.05, 0.1) is 12.4 Å². The number of anilines is 1. The minimum Gasteiger partial charge on any atom is -0.396 e. The fourth-order valence-corrected chi connectivity index (χ4v) is 1.74. The fraction of sp³-hybridized carbons (Fsp3) is 0.600. The lowest BCUT2D eigenvalue weighted by molar-refractivity contribution is 0.288. The molecule has 0 bridgehead atoms. The Morgan fingerprint density at radius 1 is 1.41 bits per heavy atom. The SMILES string of the molecule is CC(C)N(CCCO)c1cncc2nnnn12. The largest absolute Gasteiger partial charge is 0.396 e. The van der Waals surface area contributed by atoms with Gasteiger partial charge in [0, 0.05) is 19.2 Å². The van der Waals surface area contributed by atoms with Crippen LogP contribution in [0, 0.1) is 0 Å². The Morgan fingerprint density at radius 3 is 2.94 bits per heavy atom. The van der Waals surface area contributed by atoms with Crippen LogP contribution in [0.2, 0.25) is 0 Å². The van der Waals surface area contributed by atoms with Crippen LogP contribution in [0.15, 0.2) is 12.4 Å². The van der Waals surface area contributed by atoms with Crippen LogP contribution < -0.4 is 4.90 Å². The van der Waals surface area contributed by atoms with Gasteiger partial charge in [0.25, 0.3) is 0 Å². The summed E-state index contributed by atoms with van der Waals surface area (Å²) in [6, 6.07) is 0.290. The van der Waals surface area contributed by atoms with Crippen molar-refractivity contribution < 1.29 is 5.11 Å². The Balaban J connectivity index is 2.37. The molecule has 0 aliphatic heterocycles. The molecule has 2 heterocycles. The first-order valence-electron chi connectivity index (χ1n) is 5.63. The van der Waals surface area contributed by atoms with E-state index in [4.69, 9.17) is 5.11 Å². The number of rotatable bonds is 5. The molecule has 92 valence electrons. The highest BCUT2D eigenvalue weighted by Crippen LogP contribution is 2.16. The first-order valence-corrected chi connectivity index (χ1v) is 5.63. The number of hydrogen-bond donors (Lipinski definition) is 1. The minimum atomic E-state index is 0.169. The number of tetrazole rings is 1. The molecular formula is C10H16N6O. The van der Waals surface area contributed by atoms with Crippen molar-refractivity contribution in [2.75, 3.05) is 18.1 Å². The van der Waals surface area contributed by atoms with E-state index in [1.165, 1.54) is 0 Å². The normalized spacial score (nSPS) is 11.3. The van der Waals surface area contributed by atoms with Crippen LogP contribution in [0.1, 0.15) is 20.3 Å². The number of aromatic nitrogens is 5. The van der Waals surface area contributed by atoms with Gasteiger partial charge in [-0.1, -0.05) is 0 Å². The number of aliphatic hydroxyl groups is 1. The molecule has 0 aliphatic rings. The van der Waals surface area contributed by atoms with Crippen LogP contribution in [0.4, 0.5) is 5.82 Å². The summed E-state index contributed by atoms with van der Waals surface area (Å²) in [7, 11) is 0. The highest BCUT2D eigenvalue weighted by atomic mass is 16.3. The Bertz CT molecular complexity index is 482. The summed E-state index contributed by atoms with van der Waals surface area (Å²) in [5.41, 5.74) is 0.622. The van der Waals surface area contributed by atoms with Crippen molar-refractivity contribution in [2.45, 2.75) is 26.3 Å². The molecule has 2 aromatic heterocycles. The molecule has 0 fully saturated rings. The quantitative estimate of drug-likeness (QED) is 0.794. The topological polar surface area (TPSA) is 79.4 Å². The standard InChI is InChI=1S/C10H16N6O/c1-8(2)15(4-3-5-17)10-7-11-6-9-12-13-14-16(9)10/h6-8,17H,3-5H2,1-2H3. The number of hydrogen-bond acceptors (Lipinski definition) is 6. The van der Waals surface area contributed by atoms with E-state index < -0.39 is 0 Å². The second-order valence-corrected chi connectivity index (χ2v) is 4.08. The van der Waals surface area contributed by atoms with Gasteiger partial charge < -0.3 is 10.0 Å². The predicted octanol–water partition coefficient (Wildman–Crippen LogP) is 0.116. The molecule has 1 N–H and O–H groups in total. The third-order valence-electron chi connectivity index (χ3n) is 2.57. The van der Waals surface area contributed by atoms with Gasteiger partial charge >= 0.3 is 0 Å². The lowest BCUT2D eigenvalue weighted by Crippen LogP contribution is -2.34. The maximum absolute atomic E-state index is 8.93. The van der Waals surface area contributed by atoms with Crippen molar-refractivity contribution in [2.24, 2.45) is 0 Å². The summed E-state index contributed by atoms with van der Waals surface area (Å²) in [6.07, 6.45) is 4.06. The van der Waals surface area contributed by atoms with E-state index in [-0.39, 0.29) is 12.6 Å². The minimum absolute atomic E-state index is 0.169. The molecule has 17 heavy (non-hydrogen) atoms. The van der Waals surface area contributed by atoms with Crippen LogP contribution in [0.3, 0.4) is 0 Å². The monoisotopic (exact) mass is 236 g/mol. The average molecular weight is 236 g/mol. The van der Waals surface area contributed by atoms with E-state index in [2.05, 4.69) is 39.3 Å². The van der Waals surface area contributed by atoms with Crippen molar-refractivity contribution in [1.82, 2.24) is 25.0 Å². The molecule has 7 heteroatoms. The maximum atomic E-state index is 8.93. The Labute approximate surface area is 99.1 Å². The summed E-state index contributed by atoms with van der Waals surface area (Å²) in [6.45, 7) is 5.08. The first-order chi connectivity index (χ1) is 8.24. The lowest BCUT2D eigenvalue weighted by atomic mass is 10.3. The van der Waals surface area contributed by atoms with Crippen LogP contribution in [-0.2, 0) is 0 Å². The molecular weight excluding hydrogens is 220 g/mol. The van der Waals surface area contributed by atoms with Crippen molar-refractivity contribution in [3.05, 3.63) is 12.4 Å². The van der Waals surface area contributed by atoms with Gasteiger partial charge in [-0.15, -0.1) is 5.10 Å². The molecule has 0 radical (unpaired) electrons. The van der Waals surface area contributed by atoms with Crippen molar-refractivity contribution in [1.29, 1.82) is 0 Å². The van der Waals surface area contributed by atoms with Crippen LogP contribution in [-0.4, -0.2) is 49.3 Å². The summed E-state index contributed by atoms with van der Waals surface area (Å²) >= 11 is 0. The van der Waals surface area contributed by atoms with Crippen LogP contribution in [0.5, 0.6) is 0 Å². The Hall–Kier alpha value is -1.76. The molecule has 0 amide bonds. The third kappa shape index (κ3) is 2.33. The number of fused-ring (bicyclic) bond motifs is 1. The van der Waals surface area contributed by atoms with E-state index in [1.807, 2.05) is 0 Å². The molecule has 0 aromatic carbocycles. The summed E-state index contributed by atoms with van der Waals surface area (Å²) in [5.74, 6) is 0.843. The van der Waals surface area contributed by atoms with E-state index in [9.17, 15) is 0 Å². The molecule has 0 saturated carbocycles. The highest BCUT2D eigenvalue weighted by Gasteiger charge is 2.15. The van der Waals surface area contributed by atoms with Gasteiger partial charge in [-0.2, -0.15) is 4.52 Å². The molecule has 0 aliphatic carbocycles. The Morgan fingerprint density at radius 2 is 2.24 bits per heavy atom. The number of nitrogens with zero attached hydrogens (tertiary/aromatic N) is 6. The number of aliphatic hydroxyl groups excluding tert-OH is 1. The summed E-state index contributed by atoms with van der Waals surface area (Å²) in [5, 5.41) is 20.4. The smallest absolute Gasteiger partial charge is 0.199 e. The van der Waals surface area contributed by atoms with Crippen molar-refractivity contribution in [3.63, 3.8) is 0 Å². The van der Waals surface area contributed by atoms with Crippen LogP contribution >= 0.6 is 0 Å². The third-order valence-corrected chi connectivity index (χ3v) is 2.57. The van der Waals surface area contributed by atoms with Gasteiger partial charge in [-0.05, 0) is 30.7 Å². The van der Waals surface area contributed by atoms with Gasteiger partial charge in [-0.3, -0.25) is 4.98 Å². The molecule has 0 spiro atoms. The molecule has 7 nitrogen and oxygen atoms in total. The van der Waals surface area contributed by atoms with Gasteiger partial charge in [0.1, 0.15) is 0 Å². The second kappa shape index (κ2) is 5.05. The zero-order valence-corrected chi connectivity index (χ0v) is 9.98. The average Bonchev–Trinajstić information content (AvgIpc) is 2.77. The van der Waals surface area contributed by atoms with Gasteiger partial charge in [0.15, 0.2) is 11.5 Å². The van der Waals surface area contributed by atoms with Crippen molar-refractivity contribution >= 4 is 11.5 Å². The van der Waals surface area contributed by atoms with E-state index in [0.29, 0.717) is 12.1 Å². The highest BCUT2D eigenvalue weighted by molar-refractivity contribution is 5.46. The molecule has 0 atom stereocenters. The molecule has 2 rings (SSSR count). The van der Waals surface area contributed by atoms with Gasteiger partial charge in [-0.25, -0.2) is 0 Å². The maximum Gasteiger partial charge on any atom is 0.199 e. The lowest BCUT2D eigenvalue weighted by Gasteiger charge is -2.28. The summed E-state index contributed by atoms with van der Waals surface area (Å²) in [4.78, 5) is 6.25. The molecule has 2 aromatic rings. The van der Waals surface area contributed by atoms with E-state index >= 15 is 0 Å². The van der Waals surface area contributed by atoms with E-state index in [0.717, 1.165) is 12.4 Å². The fourth-order valence-electron chi connectivity index (χ4n) is 1.74. The van der Waals surface area contributed by atoms with Crippen molar-refractivity contribution in [3.8, 4) is 0 Å². The van der Waals surface area contributed by atoms with Crippen LogP contribution in [0.25, 0.3) is 5.65 Å². The van der Waals surface area contributed by atoms with E-state index in [1.54, 1.807) is 16.9 Å². The Kier molecular flexibility index (Phi) is 3.48. The zero-order chi connectivity index (χ0) is 12.3. The predicted molar refractivity (Wildman–Crippen MR) is 62.8 cm³/mol. The summed E-state index contributed by atoms with van der Waals surface area (Å²) < 4.78 is 1.66. The first kappa shape index (κ1) is 11.7. The second-order valence-electron chi connectivity index (χ2n) is 4.08.